The van der Waals surface area contributed by atoms with Crippen LogP contribution in [0.4, 0.5) is 0 Å². The van der Waals surface area contributed by atoms with Gasteiger partial charge < -0.3 is 9.80 Å². The Balaban J connectivity index is 2.05. The summed E-state index contributed by atoms with van der Waals surface area (Å²) >= 11 is 0. The number of likely N-dealkylation sites (N-methyl/N-ethyl adjacent to an activating group) is 1. The smallest absolute Gasteiger partial charge is 0.242 e. The summed E-state index contributed by atoms with van der Waals surface area (Å²) in [6.45, 7) is 6.04. The molecule has 2 rings (SSSR count). The topological polar surface area (TPSA) is 74.8 Å². The Bertz CT molecular complexity index is 728. The standard InChI is InChI=1S/C18H26N2O4S/c1-4-20(17-9-10-25(23,24)13-17)18(22)12-19(15(3)21)11-16-7-5-14(2)6-8-16/h5-8,17H,4,9-13H2,1-3H3. The number of nitrogens with zero attached hydrogens (tertiary/aromatic N) is 2. The zero-order chi connectivity index (χ0) is 18.6. The van der Waals surface area contributed by atoms with E-state index in [0.29, 0.717) is 19.5 Å². The van der Waals surface area contributed by atoms with E-state index >= 15 is 0 Å². The molecule has 0 aromatic heterocycles. The Labute approximate surface area is 149 Å². The van der Waals surface area contributed by atoms with Crippen LogP contribution in [0.1, 0.15) is 31.4 Å². The summed E-state index contributed by atoms with van der Waals surface area (Å²) in [7, 11) is -3.06. The van der Waals surface area contributed by atoms with Gasteiger partial charge in [-0.15, -0.1) is 0 Å². The molecule has 1 aromatic carbocycles. The molecule has 7 heteroatoms. The maximum atomic E-state index is 12.7. The van der Waals surface area contributed by atoms with E-state index in [1.54, 1.807) is 4.90 Å². The molecule has 1 aliphatic heterocycles. The lowest BCUT2D eigenvalue weighted by atomic mass is 10.1. The third kappa shape index (κ3) is 5.29. The van der Waals surface area contributed by atoms with Crippen LogP contribution in [-0.4, -0.2) is 60.7 Å². The first-order valence-corrected chi connectivity index (χ1v) is 10.3. The zero-order valence-corrected chi connectivity index (χ0v) is 15.9. The predicted octanol–water partition coefficient (Wildman–Crippen LogP) is 1.38. The van der Waals surface area contributed by atoms with Gasteiger partial charge in [-0.2, -0.15) is 0 Å². The monoisotopic (exact) mass is 366 g/mol. The van der Waals surface area contributed by atoms with E-state index in [2.05, 4.69) is 0 Å². The number of benzene rings is 1. The highest BCUT2D eigenvalue weighted by Gasteiger charge is 2.34. The molecule has 138 valence electrons. The van der Waals surface area contributed by atoms with E-state index in [1.807, 2.05) is 38.1 Å². The molecule has 1 aromatic rings. The van der Waals surface area contributed by atoms with Crippen molar-refractivity contribution in [2.24, 2.45) is 0 Å². The lowest BCUT2D eigenvalue weighted by molar-refractivity contribution is -0.140. The molecular weight excluding hydrogens is 340 g/mol. The molecule has 0 saturated carbocycles. The Morgan fingerprint density at radius 3 is 2.32 bits per heavy atom. The minimum absolute atomic E-state index is 0.0185. The van der Waals surface area contributed by atoms with Gasteiger partial charge in [-0.3, -0.25) is 9.59 Å². The maximum absolute atomic E-state index is 12.7. The summed E-state index contributed by atoms with van der Waals surface area (Å²) < 4.78 is 23.4. The molecule has 0 radical (unpaired) electrons. The quantitative estimate of drug-likeness (QED) is 0.762. The Hall–Kier alpha value is -1.89. The molecular formula is C18H26N2O4S. The average Bonchev–Trinajstić information content (AvgIpc) is 2.89. The van der Waals surface area contributed by atoms with Gasteiger partial charge in [0.05, 0.1) is 11.5 Å². The number of hydrogen-bond acceptors (Lipinski definition) is 4. The van der Waals surface area contributed by atoms with Crippen molar-refractivity contribution in [1.82, 2.24) is 9.80 Å². The number of rotatable bonds is 6. The first-order chi connectivity index (χ1) is 11.7. The fourth-order valence-electron chi connectivity index (χ4n) is 3.11. The molecule has 0 N–H and O–H groups in total. The van der Waals surface area contributed by atoms with Crippen molar-refractivity contribution in [3.8, 4) is 0 Å². The van der Waals surface area contributed by atoms with Crippen LogP contribution in [0.25, 0.3) is 0 Å². The first-order valence-electron chi connectivity index (χ1n) is 8.53. The van der Waals surface area contributed by atoms with Gasteiger partial charge in [0, 0.05) is 26.1 Å². The minimum Gasteiger partial charge on any atom is -0.337 e. The number of aryl methyl sites for hydroxylation is 1. The van der Waals surface area contributed by atoms with Crippen LogP contribution in [0.2, 0.25) is 0 Å². The molecule has 1 heterocycles. The zero-order valence-electron chi connectivity index (χ0n) is 15.1. The fraction of sp³-hybridized carbons (Fsp3) is 0.556. The van der Waals surface area contributed by atoms with Crippen molar-refractivity contribution in [2.75, 3.05) is 24.6 Å². The van der Waals surface area contributed by atoms with E-state index in [1.165, 1.54) is 11.8 Å². The molecule has 25 heavy (non-hydrogen) atoms. The Kier molecular flexibility index (Phi) is 6.21. The number of carbonyl (C=O) groups excluding carboxylic acids is 2. The highest BCUT2D eigenvalue weighted by Crippen LogP contribution is 2.18. The third-order valence-corrected chi connectivity index (χ3v) is 6.33. The summed E-state index contributed by atoms with van der Waals surface area (Å²) in [5.74, 6) is -0.234. The van der Waals surface area contributed by atoms with Crippen molar-refractivity contribution in [1.29, 1.82) is 0 Å². The highest BCUT2D eigenvalue weighted by molar-refractivity contribution is 7.91. The van der Waals surface area contributed by atoms with Crippen LogP contribution < -0.4 is 0 Å². The van der Waals surface area contributed by atoms with Gasteiger partial charge in [-0.25, -0.2) is 8.42 Å². The van der Waals surface area contributed by atoms with E-state index in [0.717, 1.165) is 11.1 Å². The Morgan fingerprint density at radius 2 is 1.84 bits per heavy atom. The van der Waals surface area contributed by atoms with Gasteiger partial charge in [-0.05, 0) is 25.8 Å². The second-order valence-corrected chi connectivity index (χ2v) is 8.83. The summed E-state index contributed by atoms with van der Waals surface area (Å²) in [5, 5.41) is 0. The second kappa shape index (κ2) is 7.99. The average molecular weight is 366 g/mol. The van der Waals surface area contributed by atoms with Gasteiger partial charge in [0.1, 0.15) is 6.54 Å². The van der Waals surface area contributed by atoms with E-state index in [4.69, 9.17) is 0 Å². The van der Waals surface area contributed by atoms with Crippen molar-refractivity contribution in [3.63, 3.8) is 0 Å². The molecule has 0 bridgehead atoms. The van der Waals surface area contributed by atoms with E-state index in [-0.39, 0.29) is 35.9 Å². The third-order valence-electron chi connectivity index (χ3n) is 4.58. The van der Waals surface area contributed by atoms with Crippen molar-refractivity contribution >= 4 is 21.7 Å². The highest BCUT2D eigenvalue weighted by atomic mass is 32.2. The van der Waals surface area contributed by atoms with Crippen molar-refractivity contribution in [3.05, 3.63) is 35.4 Å². The molecule has 1 aliphatic rings. The minimum atomic E-state index is -3.06. The number of carbonyl (C=O) groups is 2. The van der Waals surface area contributed by atoms with E-state index in [9.17, 15) is 18.0 Å². The molecule has 1 saturated heterocycles. The molecule has 1 atom stereocenters. The lowest BCUT2D eigenvalue weighted by Crippen LogP contribution is -2.47. The van der Waals surface area contributed by atoms with Crippen molar-refractivity contribution in [2.45, 2.75) is 39.8 Å². The van der Waals surface area contributed by atoms with Gasteiger partial charge in [0.2, 0.25) is 11.8 Å². The normalized spacial score (nSPS) is 18.8. The first kappa shape index (κ1) is 19.4. The molecule has 6 nitrogen and oxygen atoms in total. The van der Waals surface area contributed by atoms with Crippen LogP contribution in [0.3, 0.4) is 0 Å². The van der Waals surface area contributed by atoms with Crippen LogP contribution in [0, 0.1) is 6.92 Å². The fourth-order valence-corrected chi connectivity index (χ4v) is 4.84. The van der Waals surface area contributed by atoms with E-state index < -0.39 is 9.84 Å². The van der Waals surface area contributed by atoms with Crippen molar-refractivity contribution < 1.29 is 18.0 Å². The summed E-state index contributed by atoms with van der Waals surface area (Å²) in [5.41, 5.74) is 2.09. The molecule has 0 aliphatic carbocycles. The van der Waals surface area contributed by atoms with Gasteiger partial charge in [-0.1, -0.05) is 29.8 Å². The molecule has 1 unspecified atom stereocenters. The molecule has 0 spiro atoms. The molecule has 1 fully saturated rings. The van der Waals surface area contributed by atoms with Crippen LogP contribution in [0.5, 0.6) is 0 Å². The van der Waals surface area contributed by atoms with Crippen LogP contribution in [-0.2, 0) is 26.0 Å². The number of hydrogen-bond donors (Lipinski definition) is 0. The maximum Gasteiger partial charge on any atom is 0.242 e. The summed E-state index contributed by atoms with van der Waals surface area (Å²) in [6, 6.07) is 7.54. The van der Waals surface area contributed by atoms with Crippen LogP contribution in [0.15, 0.2) is 24.3 Å². The van der Waals surface area contributed by atoms with Gasteiger partial charge in [0.15, 0.2) is 9.84 Å². The van der Waals surface area contributed by atoms with Gasteiger partial charge >= 0.3 is 0 Å². The number of sulfone groups is 1. The van der Waals surface area contributed by atoms with Gasteiger partial charge in [0.25, 0.3) is 0 Å². The SMILES string of the molecule is CCN(C(=O)CN(Cc1ccc(C)cc1)C(C)=O)C1CCS(=O)(=O)C1. The number of amides is 2. The molecule has 2 amide bonds. The summed E-state index contributed by atoms with van der Waals surface area (Å²) in [6.07, 6.45) is 0.472. The van der Waals surface area contributed by atoms with Crippen LogP contribution >= 0.6 is 0 Å². The Morgan fingerprint density at radius 1 is 1.20 bits per heavy atom. The second-order valence-electron chi connectivity index (χ2n) is 6.60. The lowest BCUT2D eigenvalue weighted by Gasteiger charge is -2.30. The summed E-state index contributed by atoms with van der Waals surface area (Å²) in [4.78, 5) is 27.7. The largest absolute Gasteiger partial charge is 0.337 e. The predicted molar refractivity (Wildman–Crippen MR) is 96.7 cm³/mol.